The lowest BCUT2D eigenvalue weighted by Crippen LogP contribution is -2.14. The van der Waals surface area contributed by atoms with E-state index < -0.39 is 10.0 Å². The number of carbonyl (C=O) groups excluding carboxylic acids is 1. The highest BCUT2D eigenvalue weighted by molar-refractivity contribution is 7.93. The minimum Gasteiger partial charge on any atom is -0.302 e. The van der Waals surface area contributed by atoms with Gasteiger partial charge >= 0.3 is 0 Å². The van der Waals surface area contributed by atoms with Crippen molar-refractivity contribution in [2.24, 2.45) is 0 Å². The van der Waals surface area contributed by atoms with Crippen LogP contribution >= 0.6 is 34.7 Å². The van der Waals surface area contributed by atoms with Crippen LogP contribution in [0.15, 0.2) is 35.4 Å². The van der Waals surface area contributed by atoms with Gasteiger partial charge in [0.05, 0.1) is 28.0 Å². The molecule has 9 nitrogen and oxygen atoms in total. The van der Waals surface area contributed by atoms with Gasteiger partial charge in [0.2, 0.25) is 5.91 Å². The number of halogens is 1. The number of rotatable bonds is 5. The second-order valence-corrected chi connectivity index (χ2v) is 9.71. The molecule has 13 heteroatoms. The van der Waals surface area contributed by atoms with E-state index >= 15 is 0 Å². The Morgan fingerprint density at radius 3 is 2.80 bits per heavy atom. The van der Waals surface area contributed by atoms with Crippen LogP contribution < -0.4 is 10.0 Å². The number of aromatic nitrogens is 4. The SMILES string of the molecule is CC(=O)Nc1nc(C)c(-c2cnc(Cl)c(NS(=O)(=O)c3cccc4nsnc34)c2)s1. The minimum absolute atomic E-state index is 0.00265. The number of nitrogens with zero attached hydrogens (tertiary/aromatic N) is 4. The summed E-state index contributed by atoms with van der Waals surface area (Å²) in [6.45, 7) is 3.18. The molecule has 3 aromatic heterocycles. The van der Waals surface area contributed by atoms with Crippen molar-refractivity contribution in [2.75, 3.05) is 10.0 Å². The number of pyridine rings is 1. The van der Waals surface area contributed by atoms with Gasteiger partial charge in [0.15, 0.2) is 10.3 Å². The Morgan fingerprint density at radius 1 is 1.23 bits per heavy atom. The van der Waals surface area contributed by atoms with Gasteiger partial charge in [-0.1, -0.05) is 29.0 Å². The number of amides is 1. The van der Waals surface area contributed by atoms with Crippen LogP contribution in [0.2, 0.25) is 5.15 Å². The Balaban J connectivity index is 1.72. The Hall–Kier alpha value is -2.67. The molecule has 1 amide bonds. The summed E-state index contributed by atoms with van der Waals surface area (Å²) in [5, 5.41) is 3.07. The maximum Gasteiger partial charge on any atom is 0.264 e. The fourth-order valence-corrected chi connectivity index (χ4v) is 5.74. The van der Waals surface area contributed by atoms with Crippen molar-refractivity contribution in [2.45, 2.75) is 18.7 Å². The molecule has 0 unspecified atom stereocenters. The third-order valence-electron chi connectivity index (χ3n) is 3.96. The predicted octanol–water partition coefficient (Wildman–Crippen LogP) is 3.93. The zero-order valence-electron chi connectivity index (χ0n) is 15.5. The zero-order valence-corrected chi connectivity index (χ0v) is 18.7. The highest BCUT2D eigenvalue weighted by atomic mass is 35.5. The third-order valence-corrected chi connectivity index (χ3v) is 7.33. The summed E-state index contributed by atoms with van der Waals surface area (Å²) in [5.41, 5.74) is 2.17. The van der Waals surface area contributed by atoms with E-state index in [-0.39, 0.29) is 27.2 Å². The lowest BCUT2D eigenvalue weighted by molar-refractivity contribution is -0.114. The van der Waals surface area contributed by atoms with E-state index in [9.17, 15) is 13.2 Å². The van der Waals surface area contributed by atoms with Gasteiger partial charge in [-0.3, -0.25) is 9.52 Å². The summed E-state index contributed by atoms with van der Waals surface area (Å²) in [7, 11) is -3.99. The molecule has 0 saturated carbocycles. The quantitative estimate of drug-likeness (QED) is 0.414. The molecule has 2 N–H and O–H groups in total. The summed E-state index contributed by atoms with van der Waals surface area (Å²) >= 11 is 8.34. The van der Waals surface area contributed by atoms with Gasteiger partial charge in [-0.25, -0.2) is 18.4 Å². The number of benzene rings is 1. The summed E-state index contributed by atoms with van der Waals surface area (Å²) in [4.78, 5) is 20.4. The highest BCUT2D eigenvalue weighted by Gasteiger charge is 2.22. The van der Waals surface area contributed by atoms with E-state index in [4.69, 9.17) is 11.6 Å². The van der Waals surface area contributed by atoms with Crippen LogP contribution in [0.5, 0.6) is 0 Å². The van der Waals surface area contributed by atoms with Crippen molar-refractivity contribution < 1.29 is 13.2 Å². The summed E-state index contributed by atoms with van der Waals surface area (Å²) in [6.07, 6.45) is 1.52. The van der Waals surface area contributed by atoms with Gasteiger partial charge in [0.25, 0.3) is 10.0 Å². The molecule has 0 saturated heterocycles. The summed E-state index contributed by atoms with van der Waals surface area (Å²) < 4.78 is 36.6. The first-order valence-corrected chi connectivity index (χ1v) is 11.8. The van der Waals surface area contributed by atoms with Crippen molar-refractivity contribution in [3.05, 3.63) is 41.3 Å². The monoisotopic (exact) mass is 480 g/mol. The fraction of sp³-hybridized carbons (Fsp3) is 0.118. The standard InChI is InChI=1S/C17H13ClN6O3S3/c1-8-15(28-17(20-8)21-9(2)25)10-6-12(16(18)19-7-10)24-30(26,27)13-5-3-4-11-14(13)23-29-22-11/h3-7,24H,1-2H3,(H,20,21,25). The first kappa shape index (κ1) is 20.6. The second kappa shape index (κ2) is 7.87. The molecule has 0 spiro atoms. The Morgan fingerprint density at radius 2 is 2.03 bits per heavy atom. The van der Waals surface area contributed by atoms with Crippen LogP contribution in [-0.2, 0) is 14.8 Å². The van der Waals surface area contributed by atoms with E-state index in [0.717, 1.165) is 16.6 Å². The minimum atomic E-state index is -3.99. The number of anilines is 2. The molecule has 0 fully saturated rings. The van der Waals surface area contributed by atoms with Crippen molar-refractivity contribution in [3.63, 3.8) is 0 Å². The number of thiazole rings is 1. The van der Waals surface area contributed by atoms with E-state index in [2.05, 4.69) is 28.8 Å². The van der Waals surface area contributed by atoms with Gasteiger partial charge in [-0.15, -0.1) is 0 Å². The van der Waals surface area contributed by atoms with Crippen molar-refractivity contribution in [3.8, 4) is 10.4 Å². The van der Waals surface area contributed by atoms with Crippen LogP contribution in [-0.4, -0.2) is 33.0 Å². The topological polar surface area (TPSA) is 127 Å². The second-order valence-electron chi connectivity index (χ2n) is 6.17. The van der Waals surface area contributed by atoms with E-state index in [1.165, 1.54) is 30.5 Å². The van der Waals surface area contributed by atoms with Gasteiger partial charge in [-0.2, -0.15) is 8.75 Å². The van der Waals surface area contributed by atoms with Crippen molar-refractivity contribution in [1.29, 1.82) is 0 Å². The van der Waals surface area contributed by atoms with Crippen LogP contribution in [0.1, 0.15) is 12.6 Å². The lowest BCUT2D eigenvalue weighted by atomic mass is 10.2. The largest absolute Gasteiger partial charge is 0.302 e. The Bertz CT molecular complexity index is 1380. The van der Waals surface area contributed by atoms with Crippen LogP contribution in [0.4, 0.5) is 10.8 Å². The summed E-state index contributed by atoms with van der Waals surface area (Å²) in [6, 6.07) is 6.31. The molecule has 4 rings (SSSR count). The Labute approximate surface area is 184 Å². The van der Waals surface area contributed by atoms with Crippen molar-refractivity contribution >= 4 is 72.4 Å². The van der Waals surface area contributed by atoms with Gasteiger partial charge < -0.3 is 5.32 Å². The van der Waals surface area contributed by atoms with E-state index in [1.807, 2.05) is 0 Å². The first-order valence-electron chi connectivity index (χ1n) is 8.39. The third kappa shape index (κ3) is 3.99. The number of aryl methyl sites for hydroxylation is 1. The average Bonchev–Trinajstić information content (AvgIpc) is 3.29. The molecule has 0 aliphatic rings. The maximum absolute atomic E-state index is 13.0. The first-order chi connectivity index (χ1) is 14.2. The van der Waals surface area contributed by atoms with Crippen LogP contribution in [0.3, 0.4) is 0 Å². The van der Waals surface area contributed by atoms with Gasteiger partial charge in [-0.05, 0) is 25.1 Å². The molecule has 4 aromatic rings. The van der Waals surface area contributed by atoms with Crippen molar-refractivity contribution in [1.82, 2.24) is 18.7 Å². The fourth-order valence-electron chi connectivity index (χ4n) is 2.71. The maximum atomic E-state index is 13.0. The molecule has 1 aromatic carbocycles. The molecule has 0 atom stereocenters. The van der Waals surface area contributed by atoms with Gasteiger partial charge in [0, 0.05) is 18.7 Å². The Kier molecular flexibility index (Phi) is 5.40. The number of carbonyl (C=O) groups is 1. The number of sulfonamides is 1. The molecule has 154 valence electrons. The molecular formula is C17H13ClN6O3S3. The van der Waals surface area contributed by atoms with E-state index in [0.29, 0.717) is 21.9 Å². The molecule has 0 radical (unpaired) electrons. The number of hydrogen-bond acceptors (Lipinski definition) is 9. The normalized spacial score (nSPS) is 11.6. The molecule has 3 heterocycles. The number of hydrogen-bond donors (Lipinski definition) is 2. The smallest absolute Gasteiger partial charge is 0.264 e. The average molecular weight is 481 g/mol. The molecule has 0 aliphatic heterocycles. The molecule has 30 heavy (non-hydrogen) atoms. The molecule has 0 aliphatic carbocycles. The molecule has 0 bridgehead atoms. The van der Waals surface area contributed by atoms with Crippen LogP contribution in [0, 0.1) is 6.92 Å². The van der Waals surface area contributed by atoms with Gasteiger partial charge in [0.1, 0.15) is 15.9 Å². The molecular weight excluding hydrogens is 468 g/mol. The van der Waals surface area contributed by atoms with Crippen LogP contribution in [0.25, 0.3) is 21.5 Å². The lowest BCUT2D eigenvalue weighted by Gasteiger charge is -2.11. The summed E-state index contributed by atoms with van der Waals surface area (Å²) in [5.74, 6) is -0.233. The zero-order chi connectivity index (χ0) is 21.5. The number of fused-ring (bicyclic) bond motifs is 1. The highest BCUT2D eigenvalue weighted by Crippen LogP contribution is 2.36. The van der Waals surface area contributed by atoms with E-state index in [1.54, 1.807) is 25.1 Å². The predicted molar refractivity (Wildman–Crippen MR) is 118 cm³/mol. The number of nitrogens with one attached hydrogen (secondary N) is 2.